The van der Waals surface area contributed by atoms with E-state index in [1.54, 1.807) is 16.0 Å². The van der Waals surface area contributed by atoms with Crippen molar-refractivity contribution in [3.63, 3.8) is 0 Å². The van der Waals surface area contributed by atoms with E-state index in [0.717, 1.165) is 16.1 Å². The average molecular weight is 374 g/mol. The highest BCUT2D eigenvalue weighted by molar-refractivity contribution is 7.99. The molecule has 0 aliphatic rings. The Morgan fingerprint density at radius 3 is 2.92 bits per heavy atom. The normalized spacial score (nSPS) is 12.1. The van der Waals surface area contributed by atoms with E-state index >= 15 is 0 Å². The second-order valence-corrected chi connectivity index (χ2v) is 7.68. The van der Waals surface area contributed by atoms with Crippen LogP contribution in [0, 0.1) is 13.8 Å². The highest BCUT2D eigenvalue weighted by Gasteiger charge is 2.15. The van der Waals surface area contributed by atoms with Crippen molar-refractivity contribution in [1.82, 2.24) is 25.5 Å². The van der Waals surface area contributed by atoms with Gasteiger partial charge in [0.25, 0.3) is 0 Å². The topological polar surface area (TPSA) is 72.7 Å². The van der Waals surface area contributed by atoms with Crippen LogP contribution in [0.1, 0.15) is 29.0 Å². The van der Waals surface area contributed by atoms with Crippen LogP contribution < -0.4 is 5.32 Å². The monoisotopic (exact) mass is 373 g/mol. The number of hydrogen-bond donors (Lipinski definition) is 1. The van der Waals surface area contributed by atoms with E-state index < -0.39 is 0 Å². The summed E-state index contributed by atoms with van der Waals surface area (Å²) >= 11 is 2.96. The van der Waals surface area contributed by atoms with E-state index in [0.29, 0.717) is 5.16 Å². The molecule has 2 heterocycles. The third-order valence-electron chi connectivity index (χ3n) is 3.70. The quantitative estimate of drug-likeness (QED) is 0.671. The molecule has 130 valence electrons. The average Bonchev–Trinajstić information content (AvgIpc) is 3.25. The minimum absolute atomic E-state index is 0.00318. The fraction of sp³-hybridized carbons (Fsp3) is 0.294. The predicted octanol–water partition coefficient (Wildman–Crippen LogP) is 3.31. The molecule has 3 aromatic rings. The van der Waals surface area contributed by atoms with Crippen molar-refractivity contribution in [2.45, 2.75) is 32.0 Å². The number of thioether (sulfide) groups is 1. The van der Waals surface area contributed by atoms with Crippen LogP contribution in [0.15, 0.2) is 40.9 Å². The van der Waals surface area contributed by atoms with Crippen molar-refractivity contribution in [2.75, 3.05) is 5.75 Å². The van der Waals surface area contributed by atoms with Gasteiger partial charge in [0.15, 0.2) is 0 Å². The van der Waals surface area contributed by atoms with Gasteiger partial charge in [-0.2, -0.15) is 4.68 Å². The molecule has 1 atom stereocenters. The Labute approximate surface area is 154 Å². The summed E-state index contributed by atoms with van der Waals surface area (Å²) in [6.45, 7) is 6.05. The molecule has 0 aliphatic heterocycles. The number of hydrogen-bond acceptors (Lipinski definition) is 6. The number of aromatic nitrogens is 4. The van der Waals surface area contributed by atoms with Crippen LogP contribution >= 0.6 is 23.1 Å². The lowest BCUT2D eigenvalue weighted by molar-refractivity contribution is -0.119. The summed E-state index contributed by atoms with van der Waals surface area (Å²) in [5, 5.41) is 17.5. The van der Waals surface area contributed by atoms with E-state index in [9.17, 15) is 4.79 Å². The number of nitrogens with one attached hydrogen (secondary N) is 1. The van der Waals surface area contributed by atoms with E-state index in [1.807, 2.05) is 50.4 Å². The van der Waals surface area contributed by atoms with Crippen LogP contribution in [-0.4, -0.2) is 31.9 Å². The van der Waals surface area contributed by atoms with Gasteiger partial charge < -0.3 is 5.32 Å². The lowest BCUT2D eigenvalue weighted by Crippen LogP contribution is -2.27. The molecule has 1 aromatic carbocycles. The zero-order valence-electron chi connectivity index (χ0n) is 14.3. The van der Waals surface area contributed by atoms with E-state index in [4.69, 9.17) is 0 Å². The van der Waals surface area contributed by atoms with E-state index in [2.05, 4.69) is 26.9 Å². The number of tetrazole rings is 1. The maximum absolute atomic E-state index is 12.2. The number of aryl methyl sites for hydroxylation is 2. The Hall–Kier alpha value is -2.19. The Balaban J connectivity index is 1.64. The summed E-state index contributed by atoms with van der Waals surface area (Å²) in [6, 6.07) is 10.1. The molecule has 0 fully saturated rings. The Morgan fingerprint density at radius 2 is 2.20 bits per heavy atom. The molecule has 0 saturated heterocycles. The standard InChI is InChI=1S/C17H19N5OS2/c1-11-6-7-14(12(2)9-11)22-17(19-20-21-22)25-10-16(23)18-13(3)15-5-4-8-24-15/h4-9,13H,10H2,1-3H3,(H,18,23)/t13-/m0/s1. The first-order valence-corrected chi connectivity index (χ1v) is 9.72. The molecule has 0 bridgehead atoms. The Morgan fingerprint density at radius 1 is 1.36 bits per heavy atom. The summed E-state index contributed by atoms with van der Waals surface area (Å²) < 4.78 is 1.68. The fourth-order valence-electron chi connectivity index (χ4n) is 2.49. The molecule has 1 N–H and O–H groups in total. The smallest absolute Gasteiger partial charge is 0.230 e. The van der Waals surface area contributed by atoms with Crippen LogP contribution in [0.2, 0.25) is 0 Å². The van der Waals surface area contributed by atoms with Crippen LogP contribution in [0.4, 0.5) is 0 Å². The van der Waals surface area contributed by atoms with Gasteiger partial charge in [0, 0.05) is 4.88 Å². The molecule has 0 aliphatic carbocycles. The first kappa shape index (κ1) is 17.6. The lowest BCUT2D eigenvalue weighted by Gasteiger charge is -2.12. The zero-order valence-corrected chi connectivity index (χ0v) is 15.9. The molecule has 1 amide bonds. The van der Waals surface area contributed by atoms with Crippen molar-refractivity contribution >= 4 is 29.0 Å². The molecular weight excluding hydrogens is 354 g/mol. The summed E-state index contributed by atoms with van der Waals surface area (Å²) in [4.78, 5) is 13.3. The SMILES string of the molecule is Cc1ccc(-n2nnnc2SCC(=O)N[C@@H](C)c2cccs2)c(C)c1. The van der Waals surface area contributed by atoms with Crippen LogP contribution in [0.3, 0.4) is 0 Å². The fourth-order valence-corrected chi connectivity index (χ4v) is 3.91. The molecule has 0 radical (unpaired) electrons. The lowest BCUT2D eigenvalue weighted by atomic mass is 10.1. The predicted molar refractivity (Wildman–Crippen MR) is 100 cm³/mol. The summed E-state index contributed by atoms with van der Waals surface area (Å²) in [5.41, 5.74) is 3.20. The number of amides is 1. The number of rotatable bonds is 6. The zero-order chi connectivity index (χ0) is 17.8. The van der Waals surface area contributed by atoms with Crippen molar-refractivity contribution in [3.8, 4) is 5.69 Å². The molecule has 0 unspecified atom stereocenters. The van der Waals surface area contributed by atoms with Gasteiger partial charge in [-0.25, -0.2) is 0 Å². The number of carbonyl (C=O) groups is 1. The molecule has 3 rings (SSSR count). The summed E-state index contributed by atoms with van der Waals surface area (Å²) in [6.07, 6.45) is 0. The highest BCUT2D eigenvalue weighted by Crippen LogP contribution is 2.22. The van der Waals surface area contributed by atoms with Crippen molar-refractivity contribution < 1.29 is 4.79 Å². The Bertz CT molecular complexity index is 860. The van der Waals surface area contributed by atoms with Crippen molar-refractivity contribution in [2.24, 2.45) is 0 Å². The minimum atomic E-state index is -0.0407. The molecule has 6 nitrogen and oxygen atoms in total. The molecule has 2 aromatic heterocycles. The molecular formula is C17H19N5OS2. The number of benzene rings is 1. The van der Waals surface area contributed by atoms with Gasteiger partial charge in [-0.3, -0.25) is 4.79 Å². The van der Waals surface area contributed by atoms with Crippen LogP contribution in [-0.2, 0) is 4.79 Å². The molecule has 0 saturated carbocycles. The molecule has 8 heteroatoms. The number of carbonyl (C=O) groups excluding carboxylic acids is 1. The van der Waals surface area contributed by atoms with E-state index in [1.165, 1.54) is 17.3 Å². The molecule has 25 heavy (non-hydrogen) atoms. The first-order chi connectivity index (χ1) is 12.0. The highest BCUT2D eigenvalue weighted by atomic mass is 32.2. The molecule has 0 spiro atoms. The van der Waals surface area contributed by atoms with Gasteiger partial charge in [-0.1, -0.05) is 35.5 Å². The summed E-state index contributed by atoms with van der Waals surface area (Å²) in [5.74, 6) is 0.224. The first-order valence-electron chi connectivity index (χ1n) is 7.86. The van der Waals surface area contributed by atoms with Gasteiger partial charge >= 0.3 is 0 Å². The van der Waals surface area contributed by atoms with Crippen LogP contribution in [0.25, 0.3) is 5.69 Å². The maximum atomic E-state index is 12.2. The number of nitrogens with zero attached hydrogens (tertiary/aromatic N) is 4. The van der Waals surface area contributed by atoms with Gasteiger partial charge in [0.2, 0.25) is 11.1 Å². The Kier molecular flexibility index (Phi) is 5.50. The van der Waals surface area contributed by atoms with Gasteiger partial charge in [0.1, 0.15) is 0 Å². The third-order valence-corrected chi connectivity index (χ3v) is 5.68. The maximum Gasteiger partial charge on any atom is 0.230 e. The van der Waals surface area contributed by atoms with Gasteiger partial charge in [0.05, 0.1) is 17.5 Å². The van der Waals surface area contributed by atoms with Gasteiger partial charge in [-0.15, -0.1) is 16.4 Å². The third kappa shape index (κ3) is 4.26. The van der Waals surface area contributed by atoms with Gasteiger partial charge in [-0.05, 0) is 54.3 Å². The largest absolute Gasteiger partial charge is 0.348 e. The van der Waals surface area contributed by atoms with Crippen LogP contribution in [0.5, 0.6) is 0 Å². The number of thiophene rings is 1. The van der Waals surface area contributed by atoms with Crippen molar-refractivity contribution in [3.05, 3.63) is 51.7 Å². The second kappa shape index (κ2) is 7.79. The van der Waals surface area contributed by atoms with Crippen molar-refractivity contribution in [1.29, 1.82) is 0 Å². The second-order valence-electron chi connectivity index (χ2n) is 5.76. The summed E-state index contributed by atoms with van der Waals surface area (Å²) in [7, 11) is 0. The minimum Gasteiger partial charge on any atom is -0.348 e. The van der Waals surface area contributed by atoms with E-state index in [-0.39, 0.29) is 17.7 Å².